The Balaban J connectivity index is 2.41. The van der Waals surface area contributed by atoms with Crippen LogP contribution in [0.25, 0.3) is 0 Å². The minimum atomic E-state index is 0.0689. The van der Waals surface area contributed by atoms with Crippen molar-refractivity contribution in [2.45, 2.75) is 50.5 Å². The lowest BCUT2D eigenvalue weighted by atomic mass is 9.91. The van der Waals surface area contributed by atoms with Gasteiger partial charge in [0, 0.05) is 12.0 Å². The lowest BCUT2D eigenvalue weighted by molar-refractivity contribution is -0.0686. The van der Waals surface area contributed by atoms with Gasteiger partial charge in [-0.3, -0.25) is 0 Å². The van der Waals surface area contributed by atoms with Crippen molar-refractivity contribution in [3.63, 3.8) is 0 Å². The molecule has 1 aliphatic heterocycles. The molecule has 2 unspecified atom stereocenters. The maximum atomic E-state index is 6.06. The van der Waals surface area contributed by atoms with Crippen molar-refractivity contribution in [1.29, 1.82) is 0 Å². The molecule has 0 radical (unpaired) electrons. The molecule has 0 bridgehead atoms. The highest BCUT2D eigenvalue weighted by atomic mass is 35.5. The molecule has 1 rings (SSSR count). The summed E-state index contributed by atoms with van der Waals surface area (Å²) in [6.45, 7) is 5.20. The van der Waals surface area contributed by atoms with E-state index >= 15 is 0 Å². The third-order valence-corrected chi connectivity index (χ3v) is 2.69. The molecule has 66 valence electrons. The third kappa shape index (κ3) is 2.64. The van der Waals surface area contributed by atoms with Crippen LogP contribution >= 0.6 is 11.6 Å². The van der Waals surface area contributed by atoms with Crippen molar-refractivity contribution in [1.82, 2.24) is 0 Å². The molecule has 1 saturated heterocycles. The average molecular weight is 177 g/mol. The molecule has 1 fully saturated rings. The lowest BCUT2D eigenvalue weighted by Crippen LogP contribution is -2.37. The fraction of sp³-hybridized carbons (Fsp3) is 1.00. The Hall–Kier alpha value is 0.250. The summed E-state index contributed by atoms with van der Waals surface area (Å²) >= 11 is 6.06. The van der Waals surface area contributed by atoms with Gasteiger partial charge in [-0.25, -0.2) is 0 Å². The molecule has 2 atom stereocenters. The molecule has 0 aromatic rings. The zero-order chi connectivity index (χ0) is 8.32. The Morgan fingerprint density at radius 3 is 2.91 bits per heavy atom. The van der Waals surface area contributed by atoms with Gasteiger partial charge >= 0.3 is 0 Å². The Kier molecular flexibility index (Phi) is 3.20. The van der Waals surface area contributed by atoms with Crippen LogP contribution in [-0.2, 0) is 4.74 Å². The minimum Gasteiger partial charge on any atom is -0.375 e. The van der Waals surface area contributed by atoms with Crippen LogP contribution < -0.4 is 0 Å². The Bertz CT molecular complexity index is 123. The highest BCUT2D eigenvalue weighted by Crippen LogP contribution is 2.31. The lowest BCUT2D eigenvalue weighted by Gasteiger charge is -2.36. The second-order valence-corrected chi connectivity index (χ2v) is 4.26. The first-order valence-electron chi connectivity index (χ1n) is 4.44. The van der Waals surface area contributed by atoms with Crippen LogP contribution in [0.5, 0.6) is 0 Å². The molecular weight excluding hydrogens is 160 g/mol. The van der Waals surface area contributed by atoms with E-state index in [2.05, 4.69) is 13.8 Å². The van der Waals surface area contributed by atoms with Gasteiger partial charge in [0.05, 0.1) is 5.60 Å². The molecule has 0 amide bonds. The summed E-state index contributed by atoms with van der Waals surface area (Å²) < 4.78 is 5.69. The maximum Gasteiger partial charge on any atom is 0.0668 e. The number of halogens is 1. The van der Waals surface area contributed by atoms with Crippen LogP contribution in [0.3, 0.4) is 0 Å². The molecule has 0 saturated carbocycles. The molecule has 0 N–H and O–H groups in total. The molecule has 0 aromatic carbocycles. The second-order valence-electron chi connectivity index (χ2n) is 3.64. The van der Waals surface area contributed by atoms with Gasteiger partial charge in [-0.15, -0.1) is 11.6 Å². The number of ether oxygens (including phenoxy) is 1. The molecular formula is C9H17ClO. The van der Waals surface area contributed by atoms with Crippen LogP contribution in [0.2, 0.25) is 0 Å². The minimum absolute atomic E-state index is 0.0689. The highest BCUT2D eigenvalue weighted by Gasteiger charge is 2.31. The molecule has 0 spiro atoms. The van der Waals surface area contributed by atoms with E-state index in [1.54, 1.807) is 0 Å². The first kappa shape index (κ1) is 9.34. The van der Waals surface area contributed by atoms with Crippen LogP contribution in [0.15, 0.2) is 0 Å². The van der Waals surface area contributed by atoms with E-state index in [0.717, 1.165) is 25.9 Å². The predicted octanol–water partition coefficient (Wildman–Crippen LogP) is 2.96. The normalized spacial score (nSPS) is 39.0. The molecule has 11 heavy (non-hydrogen) atoms. The van der Waals surface area contributed by atoms with Crippen LogP contribution in [-0.4, -0.2) is 17.6 Å². The molecule has 1 aliphatic rings. The van der Waals surface area contributed by atoms with E-state index < -0.39 is 0 Å². The standard InChI is InChI=1S/C9H17ClO/c1-3-5-9(2)7-8(10)4-6-11-9/h8H,3-7H2,1-2H3. The van der Waals surface area contributed by atoms with Crippen LogP contribution in [0, 0.1) is 0 Å². The average Bonchev–Trinajstić information content (AvgIpc) is 1.86. The van der Waals surface area contributed by atoms with Crippen molar-refractivity contribution >= 4 is 11.6 Å². The summed E-state index contributed by atoms with van der Waals surface area (Å²) in [4.78, 5) is 0. The van der Waals surface area contributed by atoms with Gasteiger partial charge in [-0.05, 0) is 26.2 Å². The monoisotopic (exact) mass is 176 g/mol. The zero-order valence-corrected chi connectivity index (χ0v) is 8.16. The van der Waals surface area contributed by atoms with Gasteiger partial charge in [0.25, 0.3) is 0 Å². The van der Waals surface area contributed by atoms with E-state index in [0.29, 0.717) is 5.38 Å². The van der Waals surface area contributed by atoms with Gasteiger partial charge < -0.3 is 4.74 Å². The third-order valence-electron chi connectivity index (χ3n) is 2.31. The van der Waals surface area contributed by atoms with E-state index in [1.807, 2.05) is 0 Å². The van der Waals surface area contributed by atoms with Gasteiger partial charge in [-0.1, -0.05) is 13.3 Å². The Morgan fingerprint density at radius 2 is 2.36 bits per heavy atom. The SMILES string of the molecule is CCCC1(C)CC(Cl)CCO1. The summed E-state index contributed by atoms with van der Waals surface area (Å²) in [6, 6.07) is 0. The number of hydrogen-bond donors (Lipinski definition) is 0. The van der Waals surface area contributed by atoms with Gasteiger partial charge in [0.15, 0.2) is 0 Å². The van der Waals surface area contributed by atoms with Gasteiger partial charge in [0.2, 0.25) is 0 Å². The van der Waals surface area contributed by atoms with Crippen molar-refractivity contribution in [2.24, 2.45) is 0 Å². The smallest absolute Gasteiger partial charge is 0.0668 e. The summed E-state index contributed by atoms with van der Waals surface area (Å²) in [5.41, 5.74) is 0.0689. The van der Waals surface area contributed by atoms with Crippen molar-refractivity contribution < 1.29 is 4.74 Å². The number of hydrogen-bond acceptors (Lipinski definition) is 1. The first-order chi connectivity index (χ1) is 5.16. The predicted molar refractivity (Wildman–Crippen MR) is 48.1 cm³/mol. The summed E-state index contributed by atoms with van der Waals surface area (Å²) in [5.74, 6) is 0. The van der Waals surface area contributed by atoms with E-state index in [9.17, 15) is 0 Å². The molecule has 1 heterocycles. The molecule has 2 heteroatoms. The maximum absolute atomic E-state index is 6.06. The number of rotatable bonds is 2. The molecule has 0 aromatic heterocycles. The molecule has 1 nitrogen and oxygen atoms in total. The van der Waals surface area contributed by atoms with Crippen molar-refractivity contribution in [3.05, 3.63) is 0 Å². The van der Waals surface area contributed by atoms with Crippen molar-refractivity contribution in [2.75, 3.05) is 6.61 Å². The highest BCUT2D eigenvalue weighted by molar-refractivity contribution is 6.20. The summed E-state index contributed by atoms with van der Waals surface area (Å²) in [7, 11) is 0. The van der Waals surface area contributed by atoms with Gasteiger partial charge in [0.1, 0.15) is 0 Å². The zero-order valence-electron chi connectivity index (χ0n) is 7.40. The molecule has 0 aliphatic carbocycles. The van der Waals surface area contributed by atoms with E-state index in [-0.39, 0.29) is 5.60 Å². The topological polar surface area (TPSA) is 9.23 Å². The fourth-order valence-corrected chi connectivity index (χ4v) is 2.18. The Morgan fingerprint density at radius 1 is 1.64 bits per heavy atom. The van der Waals surface area contributed by atoms with Crippen LogP contribution in [0.1, 0.15) is 39.5 Å². The second kappa shape index (κ2) is 3.77. The largest absolute Gasteiger partial charge is 0.375 e. The van der Waals surface area contributed by atoms with Crippen molar-refractivity contribution in [3.8, 4) is 0 Å². The quantitative estimate of drug-likeness (QED) is 0.588. The Labute approximate surface area is 74.1 Å². The fourth-order valence-electron chi connectivity index (χ4n) is 1.77. The summed E-state index contributed by atoms with van der Waals surface area (Å²) in [6.07, 6.45) is 4.35. The number of alkyl halides is 1. The van der Waals surface area contributed by atoms with Gasteiger partial charge in [-0.2, -0.15) is 0 Å². The summed E-state index contributed by atoms with van der Waals surface area (Å²) in [5, 5.41) is 0.334. The van der Waals surface area contributed by atoms with Crippen LogP contribution in [0.4, 0.5) is 0 Å². The van der Waals surface area contributed by atoms with E-state index in [1.165, 1.54) is 6.42 Å². The van der Waals surface area contributed by atoms with E-state index in [4.69, 9.17) is 16.3 Å². The first-order valence-corrected chi connectivity index (χ1v) is 4.88.